The highest BCUT2D eigenvalue weighted by Crippen LogP contribution is 2.39. The average molecular weight is 280 g/mol. The van der Waals surface area contributed by atoms with Crippen molar-refractivity contribution in [3.05, 3.63) is 21.9 Å². The summed E-state index contributed by atoms with van der Waals surface area (Å²) in [6.45, 7) is -0.190. The van der Waals surface area contributed by atoms with Crippen molar-refractivity contribution in [3.63, 3.8) is 0 Å². The first-order valence-corrected chi connectivity index (χ1v) is 4.95. The molecule has 6 heteroatoms. The summed E-state index contributed by atoms with van der Waals surface area (Å²) in [5, 5.41) is 19.0. The molecule has 1 unspecified atom stereocenters. The molecule has 0 spiro atoms. The zero-order valence-electron chi connectivity index (χ0n) is 8.00. The van der Waals surface area contributed by atoms with Crippen molar-refractivity contribution in [2.45, 2.75) is 6.10 Å². The first-order valence-electron chi connectivity index (χ1n) is 4.15. The second-order valence-electron chi connectivity index (χ2n) is 2.89. The summed E-state index contributed by atoms with van der Waals surface area (Å²) in [6, 6.07) is 1.28. The van der Waals surface area contributed by atoms with Crippen LogP contribution in [0.2, 0.25) is 0 Å². The maximum atomic E-state index is 13.5. The van der Waals surface area contributed by atoms with E-state index in [1.54, 1.807) is 0 Å². The van der Waals surface area contributed by atoms with E-state index in [0.29, 0.717) is 0 Å². The van der Waals surface area contributed by atoms with E-state index < -0.39 is 17.7 Å². The van der Waals surface area contributed by atoms with E-state index in [2.05, 4.69) is 15.9 Å². The van der Waals surface area contributed by atoms with Gasteiger partial charge in [-0.15, -0.1) is 0 Å². The van der Waals surface area contributed by atoms with Crippen LogP contribution in [-0.2, 0) is 0 Å². The Hall–Kier alpha value is -0.850. The van der Waals surface area contributed by atoms with Gasteiger partial charge in [-0.1, -0.05) is 0 Å². The molecule has 0 bridgehead atoms. The first-order chi connectivity index (χ1) is 7.02. The monoisotopic (exact) mass is 279 g/mol. The number of rotatable bonds is 3. The standard InChI is InChI=1S/C9H11BrFNO3/c1-15-6-2-4(10)8(11)7(9(6)14)5(13)3-12/h2,5,13-14H,3,12H2,1H3. The number of benzene rings is 1. The molecule has 0 radical (unpaired) electrons. The molecule has 0 aliphatic rings. The van der Waals surface area contributed by atoms with E-state index in [-0.39, 0.29) is 22.3 Å². The van der Waals surface area contributed by atoms with Crippen molar-refractivity contribution >= 4 is 15.9 Å². The fourth-order valence-electron chi connectivity index (χ4n) is 1.19. The number of ether oxygens (including phenoxy) is 1. The summed E-state index contributed by atoms with van der Waals surface area (Å²) < 4.78 is 18.5. The number of methoxy groups -OCH3 is 1. The van der Waals surface area contributed by atoms with E-state index in [9.17, 15) is 14.6 Å². The molecule has 15 heavy (non-hydrogen) atoms. The van der Waals surface area contributed by atoms with Crippen molar-refractivity contribution in [1.29, 1.82) is 0 Å². The average Bonchev–Trinajstić information content (AvgIpc) is 2.23. The van der Waals surface area contributed by atoms with E-state index in [1.807, 2.05) is 0 Å². The number of aromatic hydroxyl groups is 1. The highest BCUT2D eigenvalue weighted by Gasteiger charge is 2.22. The van der Waals surface area contributed by atoms with Gasteiger partial charge in [-0.3, -0.25) is 0 Å². The summed E-state index contributed by atoms with van der Waals surface area (Å²) >= 11 is 2.95. The lowest BCUT2D eigenvalue weighted by Crippen LogP contribution is -2.13. The van der Waals surface area contributed by atoms with Crippen LogP contribution in [0.25, 0.3) is 0 Å². The Labute approximate surface area is 94.6 Å². The molecule has 1 aromatic rings. The maximum Gasteiger partial charge on any atom is 0.166 e. The van der Waals surface area contributed by atoms with Gasteiger partial charge in [0, 0.05) is 12.6 Å². The predicted octanol–water partition coefficient (Wildman–Crippen LogP) is 1.29. The number of nitrogens with two attached hydrogens (primary N) is 1. The van der Waals surface area contributed by atoms with E-state index in [1.165, 1.54) is 13.2 Å². The number of phenols is 1. The second-order valence-corrected chi connectivity index (χ2v) is 3.74. The van der Waals surface area contributed by atoms with Crippen LogP contribution in [0.4, 0.5) is 4.39 Å². The first kappa shape index (κ1) is 12.2. The maximum absolute atomic E-state index is 13.5. The van der Waals surface area contributed by atoms with Crippen LogP contribution >= 0.6 is 15.9 Å². The molecule has 0 heterocycles. The van der Waals surface area contributed by atoms with Gasteiger partial charge in [0.1, 0.15) is 5.82 Å². The van der Waals surface area contributed by atoms with Gasteiger partial charge in [-0.25, -0.2) is 4.39 Å². The minimum absolute atomic E-state index is 0.0748. The summed E-state index contributed by atoms with van der Waals surface area (Å²) in [7, 11) is 1.33. The largest absolute Gasteiger partial charge is 0.504 e. The lowest BCUT2D eigenvalue weighted by Gasteiger charge is -2.15. The van der Waals surface area contributed by atoms with Crippen LogP contribution in [0.1, 0.15) is 11.7 Å². The van der Waals surface area contributed by atoms with Gasteiger partial charge in [-0.05, 0) is 15.9 Å². The van der Waals surface area contributed by atoms with Crippen LogP contribution in [0.3, 0.4) is 0 Å². The zero-order chi connectivity index (χ0) is 11.6. The molecule has 84 valence electrons. The summed E-state index contributed by atoms with van der Waals surface area (Å²) in [5.41, 5.74) is 4.94. The topological polar surface area (TPSA) is 75.7 Å². The molecular formula is C9H11BrFNO3. The third-order valence-corrected chi connectivity index (χ3v) is 2.55. The van der Waals surface area contributed by atoms with Crippen LogP contribution in [0.15, 0.2) is 10.5 Å². The highest BCUT2D eigenvalue weighted by atomic mass is 79.9. The molecule has 0 amide bonds. The van der Waals surface area contributed by atoms with Crippen molar-refractivity contribution in [1.82, 2.24) is 0 Å². The van der Waals surface area contributed by atoms with Gasteiger partial charge in [0.25, 0.3) is 0 Å². The lowest BCUT2D eigenvalue weighted by molar-refractivity contribution is 0.176. The number of halogens is 2. The van der Waals surface area contributed by atoms with Crippen molar-refractivity contribution in [2.75, 3.05) is 13.7 Å². The van der Waals surface area contributed by atoms with E-state index in [0.717, 1.165) is 0 Å². The Kier molecular flexibility index (Phi) is 3.90. The van der Waals surface area contributed by atoms with Crippen LogP contribution < -0.4 is 10.5 Å². The second kappa shape index (κ2) is 4.78. The molecule has 0 saturated heterocycles. The number of aliphatic hydroxyl groups excluding tert-OH is 1. The van der Waals surface area contributed by atoms with Crippen LogP contribution in [0, 0.1) is 5.82 Å². The minimum Gasteiger partial charge on any atom is -0.504 e. The molecule has 0 aliphatic carbocycles. The smallest absolute Gasteiger partial charge is 0.166 e. The molecule has 1 aromatic carbocycles. The van der Waals surface area contributed by atoms with Gasteiger partial charge < -0.3 is 20.7 Å². The molecule has 0 aromatic heterocycles. The Balaban J connectivity index is 3.40. The molecule has 1 rings (SSSR count). The van der Waals surface area contributed by atoms with Crippen LogP contribution in [0.5, 0.6) is 11.5 Å². The van der Waals surface area contributed by atoms with Gasteiger partial charge in [0.2, 0.25) is 0 Å². The minimum atomic E-state index is -1.27. The third-order valence-electron chi connectivity index (χ3n) is 1.97. The molecule has 4 N–H and O–H groups in total. The Bertz CT molecular complexity index is 373. The summed E-state index contributed by atoms with van der Waals surface area (Å²) in [6.07, 6.45) is -1.27. The fourth-order valence-corrected chi connectivity index (χ4v) is 1.61. The summed E-state index contributed by atoms with van der Waals surface area (Å²) in [4.78, 5) is 0. The Morgan fingerprint density at radius 2 is 2.27 bits per heavy atom. The van der Waals surface area contributed by atoms with Gasteiger partial charge >= 0.3 is 0 Å². The normalized spacial score (nSPS) is 12.6. The molecular weight excluding hydrogens is 269 g/mol. The number of hydrogen-bond acceptors (Lipinski definition) is 4. The van der Waals surface area contributed by atoms with Crippen molar-refractivity contribution in [2.24, 2.45) is 5.73 Å². The summed E-state index contributed by atoms with van der Waals surface area (Å²) in [5.74, 6) is -1.10. The molecule has 0 saturated carbocycles. The Morgan fingerprint density at radius 3 is 2.73 bits per heavy atom. The molecule has 0 aliphatic heterocycles. The number of aliphatic hydroxyl groups is 1. The number of hydrogen-bond donors (Lipinski definition) is 3. The lowest BCUT2D eigenvalue weighted by atomic mass is 10.1. The van der Waals surface area contributed by atoms with Gasteiger partial charge in [-0.2, -0.15) is 0 Å². The van der Waals surface area contributed by atoms with Crippen molar-refractivity contribution in [3.8, 4) is 11.5 Å². The Morgan fingerprint density at radius 1 is 1.67 bits per heavy atom. The predicted molar refractivity (Wildman–Crippen MR) is 56.3 cm³/mol. The number of phenolic OH excluding ortho intramolecular Hbond substituents is 1. The fraction of sp³-hybridized carbons (Fsp3) is 0.333. The highest BCUT2D eigenvalue weighted by molar-refractivity contribution is 9.10. The molecule has 1 atom stereocenters. The van der Waals surface area contributed by atoms with Crippen molar-refractivity contribution < 1.29 is 19.3 Å². The third kappa shape index (κ3) is 2.22. The van der Waals surface area contributed by atoms with Gasteiger partial charge in [0.05, 0.1) is 23.2 Å². The zero-order valence-corrected chi connectivity index (χ0v) is 9.58. The molecule has 4 nitrogen and oxygen atoms in total. The van der Waals surface area contributed by atoms with Gasteiger partial charge in [0.15, 0.2) is 11.5 Å². The molecule has 0 fully saturated rings. The van der Waals surface area contributed by atoms with E-state index in [4.69, 9.17) is 10.5 Å². The van der Waals surface area contributed by atoms with Crippen LogP contribution in [-0.4, -0.2) is 23.9 Å². The van der Waals surface area contributed by atoms with E-state index >= 15 is 0 Å². The quantitative estimate of drug-likeness (QED) is 0.780. The SMILES string of the molecule is COc1cc(Br)c(F)c(C(O)CN)c1O.